The van der Waals surface area contributed by atoms with Crippen LogP contribution < -0.4 is 5.32 Å². The minimum atomic E-state index is -0.224. The Hall–Kier alpha value is -2.08. The zero-order chi connectivity index (χ0) is 18.4. The Morgan fingerprint density at radius 3 is 2.88 bits per heavy atom. The van der Waals surface area contributed by atoms with Crippen LogP contribution in [0.4, 0.5) is 0 Å². The van der Waals surface area contributed by atoms with Crippen molar-refractivity contribution in [2.24, 2.45) is 10.9 Å². The largest absolute Gasteiger partial charge is 0.469 e. The summed E-state index contributed by atoms with van der Waals surface area (Å²) in [5.41, 5.74) is 3.71. The quantitative estimate of drug-likeness (QED) is 0.513. The minimum absolute atomic E-state index is 0.0194. The number of ether oxygens (including phenoxy) is 2. The molecule has 1 aliphatic heterocycles. The van der Waals surface area contributed by atoms with Gasteiger partial charge in [0.05, 0.1) is 26.2 Å². The molecule has 0 aromatic heterocycles. The van der Waals surface area contributed by atoms with Crippen molar-refractivity contribution in [2.75, 3.05) is 40.4 Å². The van der Waals surface area contributed by atoms with Gasteiger partial charge in [0.25, 0.3) is 0 Å². The first-order valence-electron chi connectivity index (χ1n) is 8.68. The molecule has 0 bridgehead atoms. The molecular weight excluding hydrogens is 318 g/mol. The molecule has 0 radical (unpaired) electrons. The van der Waals surface area contributed by atoms with E-state index in [0.717, 1.165) is 19.0 Å². The monoisotopic (exact) mass is 347 g/mol. The van der Waals surface area contributed by atoms with Crippen LogP contribution >= 0.6 is 0 Å². The molecule has 1 aromatic rings. The van der Waals surface area contributed by atoms with Crippen LogP contribution in [0.1, 0.15) is 29.7 Å². The Bertz CT molecular complexity index is 630. The van der Waals surface area contributed by atoms with Gasteiger partial charge < -0.3 is 19.7 Å². The van der Waals surface area contributed by atoms with E-state index in [9.17, 15) is 4.79 Å². The summed E-state index contributed by atoms with van der Waals surface area (Å²) in [6.45, 7) is 8.69. The standard InChI is InChI=1S/C19H29N3O3/c1-13-6-7-16(14(2)10-13)17-12-22(8-9-25-17)19(20-4)21-11-15(3)18(23)24-5/h6-7,10,15,17H,8-9,11-12H2,1-5H3,(H,20,21). The summed E-state index contributed by atoms with van der Waals surface area (Å²) in [6, 6.07) is 6.45. The van der Waals surface area contributed by atoms with Gasteiger partial charge in [-0.15, -0.1) is 0 Å². The van der Waals surface area contributed by atoms with Crippen molar-refractivity contribution in [3.05, 3.63) is 34.9 Å². The van der Waals surface area contributed by atoms with Crippen LogP contribution in [0.3, 0.4) is 0 Å². The average molecular weight is 347 g/mol. The van der Waals surface area contributed by atoms with Gasteiger partial charge in [0.2, 0.25) is 0 Å². The molecule has 6 heteroatoms. The lowest BCUT2D eigenvalue weighted by molar-refractivity contribution is -0.144. The topological polar surface area (TPSA) is 63.2 Å². The number of morpholine rings is 1. The second-order valence-electron chi connectivity index (χ2n) is 6.52. The third-order valence-electron chi connectivity index (χ3n) is 4.52. The third-order valence-corrected chi connectivity index (χ3v) is 4.52. The van der Waals surface area contributed by atoms with Crippen LogP contribution in [0.15, 0.2) is 23.2 Å². The Kier molecular flexibility index (Phi) is 6.82. The van der Waals surface area contributed by atoms with Gasteiger partial charge in [-0.3, -0.25) is 9.79 Å². The Labute approximate surface area is 150 Å². The Morgan fingerprint density at radius 2 is 2.24 bits per heavy atom. The summed E-state index contributed by atoms with van der Waals surface area (Å²) in [7, 11) is 3.16. The number of aliphatic imine (C=N–C) groups is 1. The number of carbonyl (C=O) groups is 1. The Morgan fingerprint density at radius 1 is 1.48 bits per heavy atom. The molecule has 0 amide bonds. The van der Waals surface area contributed by atoms with Crippen molar-refractivity contribution in [3.8, 4) is 0 Å². The van der Waals surface area contributed by atoms with Crippen molar-refractivity contribution in [1.82, 2.24) is 10.2 Å². The lowest BCUT2D eigenvalue weighted by atomic mass is 10.00. The van der Waals surface area contributed by atoms with Crippen molar-refractivity contribution in [3.63, 3.8) is 0 Å². The molecule has 6 nitrogen and oxygen atoms in total. The van der Waals surface area contributed by atoms with E-state index in [0.29, 0.717) is 13.2 Å². The molecule has 1 aliphatic rings. The first-order chi connectivity index (χ1) is 12.0. The normalized spacial score (nSPS) is 19.5. The summed E-state index contributed by atoms with van der Waals surface area (Å²) in [4.78, 5) is 18.1. The maximum Gasteiger partial charge on any atom is 0.310 e. The smallest absolute Gasteiger partial charge is 0.310 e. The van der Waals surface area contributed by atoms with Crippen LogP contribution in [0.5, 0.6) is 0 Å². The highest BCUT2D eigenvalue weighted by atomic mass is 16.5. The lowest BCUT2D eigenvalue weighted by Crippen LogP contribution is -2.49. The molecule has 1 fully saturated rings. The van der Waals surface area contributed by atoms with Gasteiger partial charge in [0, 0.05) is 20.1 Å². The summed E-state index contributed by atoms with van der Waals surface area (Å²) in [5, 5.41) is 3.27. The molecule has 2 rings (SSSR count). The van der Waals surface area contributed by atoms with Crippen LogP contribution in [-0.4, -0.2) is 57.2 Å². The summed E-state index contributed by atoms with van der Waals surface area (Å²) in [6.07, 6.45) is 0.0194. The Balaban J connectivity index is 2.02. The number of aryl methyl sites for hydroxylation is 2. The van der Waals surface area contributed by atoms with Crippen molar-refractivity contribution >= 4 is 11.9 Å². The number of rotatable bonds is 4. The van der Waals surface area contributed by atoms with E-state index in [1.54, 1.807) is 7.05 Å². The number of esters is 1. The molecule has 1 saturated heterocycles. The number of hydrogen-bond acceptors (Lipinski definition) is 4. The maximum atomic E-state index is 11.6. The fraction of sp³-hybridized carbons (Fsp3) is 0.579. The van der Waals surface area contributed by atoms with Gasteiger partial charge in [0.15, 0.2) is 5.96 Å². The number of carbonyl (C=O) groups excluding carboxylic acids is 1. The first-order valence-corrected chi connectivity index (χ1v) is 8.68. The second-order valence-corrected chi connectivity index (χ2v) is 6.52. The number of nitrogens with zero attached hydrogens (tertiary/aromatic N) is 2. The predicted molar refractivity (Wildman–Crippen MR) is 98.7 cm³/mol. The highest BCUT2D eigenvalue weighted by Gasteiger charge is 2.25. The molecule has 1 heterocycles. The number of guanidine groups is 1. The van der Waals surface area contributed by atoms with E-state index < -0.39 is 0 Å². The summed E-state index contributed by atoms with van der Waals surface area (Å²) < 4.78 is 10.8. The fourth-order valence-electron chi connectivity index (χ4n) is 3.08. The molecule has 2 atom stereocenters. The third kappa shape index (κ3) is 4.95. The zero-order valence-corrected chi connectivity index (χ0v) is 15.8. The fourth-order valence-corrected chi connectivity index (χ4v) is 3.08. The van der Waals surface area contributed by atoms with Crippen molar-refractivity contribution in [2.45, 2.75) is 26.9 Å². The van der Waals surface area contributed by atoms with E-state index >= 15 is 0 Å². The average Bonchev–Trinajstić information content (AvgIpc) is 2.61. The van der Waals surface area contributed by atoms with Crippen LogP contribution in [0, 0.1) is 19.8 Å². The van der Waals surface area contributed by atoms with E-state index in [1.807, 2.05) is 6.92 Å². The predicted octanol–water partition coefficient (Wildman–Crippen LogP) is 2.06. The minimum Gasteiger partial charge on any atom is -0.469 e. The highest BCUT2D eigenvalue weighted by molar-refractivity contribution is 5.81. The molecule has 0 spiro atoms. The van der Waals surface area contributed by atoms with Crippen LogP contribution in [0.2, 0.25) is 0 Å². The molecule has 1 N–H and O–H groups in total. The summed E-state index contributed by atoms with van der Waals surface area (Å²) >= 11 is 0. The van der Waals surface area contributed by atoms with E-state index in [2.05, 4.69) is 47.3 Å². The van der Waals surface area contributed by atoms with Crippen LogP contribution in [0.25, 0.3) is 0 Å². The molecule has 138 valence electrons. The number of benzene rings is 1. The van der Waals surface area contributed by atoms with Gasteiger partial charge >= 0.3 is 5.97 Å². The molecule has 2 unspecified atom stereocenters. The van der Waals surface area contributed by atoms with E-state index in [1.165, 1.54) is 23.8 Å². The lowest BCUT2D eigenvalue weighted by Gasteiger charge is -2.36. The zero-order valence-electron chi connectivity index (χ0n) is 15.8. The second kappa shape index (κ2) is 8.85. The van der Waals surface area contributed by atoms with Gasteiger partial charge in [-0.2, -0.15) is 0 Å². The molecule has 1 aromatic carbocycles. The van der Waals surface area contributed by atoms with Crippen LogP contribution in [-0.2, 0) is 14.3 Å². The SMILES string of the molecule is CN=C(NCC(C)C(=O)OC)N1CCOC(c2ccc(C)cc2C)C1. The first kappa shape index (κ1) is 19.2. The number of nitrogens with one attached hydrogen (secondary N) is 1. The van der Waals surface area contributed by atoms with Crippen molar-refractivity contribution < 1.29 is 14.3 Å². The molecule has 0 saturated carbocycles. The van der Waals surface area contributed by atoms with Gasteiger partial charge in [-0.25, -0.2) is 0 Å². The summed E-state index contributed by atoms with van der Waals surface area (Å²) in [5.74, 6) is 0.338. The highest BCUT2D eigenvalue weighted by Crippen LogP contribution is 2.25. The molecule has 25 heavy (non-hydrogen) atoms. The van der Waals surface area contributed by atoms with E-state index in [-0.39, 0.29) is 18.0 Å². The van der Waals surface area contributed by atoms with Crippen molar-refractivity contribution in [1.29, 1.82) is 0 Å². The molecule has 0 aliphatic carbocycles. The van der Waals surface area contributed by atoms with E-state index in [4.69, 9.17) is 9.47 Å². The van der Waals surface area contributed by atoms with Gasteiger partial charge in [0.1, 0.15) is 6.10 Å². The molecular formula is C19H29N3O3. The van der Waals surface area contributed by atoms with Gasteiger partial charge in [-0.05, 0) is 25.0 Å². The number of methoxy groups -OCH3 is 1. The number of hydrogen-bond donors (Lipinski definition) is 1. The van der Waals surface area contributed by atoms with Gasteiger partial charge in [-0.1, -0.05) is 30.7 Å². The maximum absolute atomic E-state index is 11.6.